The van der Waals surface area contributed by atoms with Gasteiger partial charge >= 0.3 is 6.03 Å². The van der Waals surface area contributed by atoms with Crippen LogP contribution in [0.5, 0.6) is 0 Å². The molecule has 0 aliphatic carbocycles. The van der Waals surface area contributed by atoms with Gasteiger partial charge in [-0.15, -0.1) is 0 Å². The first kappa shape index (κ1) is 16.0. The molecule has 0 heterocycles. The number of carboxylic acid groups (broad SMARTS) is 1. The zero-order chi connectivity index (χ0) is 15.1. The maximum absolute atomic E-state index is 11.7. The summed E-state index contributed by atoms with van der Waals surface area (Å²) in [4.78, 5) is 22.7. The lowest BCUT2D eigenvalue weighted by Crippen LogP contribution is -2.53. The first-order chi connectivity index (χ1) is 9.43. The third kappa shape index (κ3) is 4.91. The fourth-order valence-corrected chi connectivity index (χ4v) is 1.75. The number of amides is 2. The summed E-state index contributed by atoms with van der Waals surface area (Å²) in [6, 6.07) is 6.27. The first-order valence-electron chi connectivity index (χ1n) is 6.74. The number of hydrogen-bond donors (Lipinski definition) is 2. The minimum atomic E-state index is -1.26. The van der Waals surface area contributed by atoms with Crippen molar-refractivity contribution in [3.8, 4) is 0 Å². The van der Waals surface area contributed by atoms with Gasteiger partial charge in [-0.3, -0.25) is 0 Å². The van der Waals surface area contributed by atoms with Crippen LogP contribution in [0.1, 0.15) is 31.4 Å². The molecule has 2 amide bonds. The van der Waals surface area contributed by atoms with Gasteiger partial charge in [0.2, 0.25) is 0 Å². The summed E-state index contributed by atoms with van der Waals surface area (Å²) < 4.78 is 0. The van der Waals surface area contributed by atoms with Crippen molar-refractivity contribution in [2.45, 2.75) is 39.8 Å². The number of carboxylic acids is 1. The number of benzene rings is 1. The molecule has 5 heteroatoms. The molecule has 2 atom stereocenters. The van der Waals surface area contributed by atoms with Crippen LogP contribution in [-0.4, -0.2) is 18.0 Å². The lowest BCUT2D eigenvalue weighted by Gasteiger charge is -2.25. The Balaban J connectivity index is 2.49. The van der Waals surface area contributed by atoms with Gasteiger partial charge in [0.05, 0.1) is 12.0 Å². The number of hydrogen-bond acceptors (Lipinski definition) is 3. The number of urea groups is 1. The second-order valence-electron chi connectivity index (χ2n) is 4.99. The number of carbonyl (C=O) groups is 2. The minimum absolute atomic E-state index is 0.176. The van der Waals surface area contributed by atoms with E-state index in [1.807, 2.05) is 38.1 Å². The molecule has 0 radical (unpaired) electrons. The topological polar surface area (TPSA) is 81.3 Å². The lowest BCUT2D eigenvalue weighted by molar-refractivity contribution is -0.309. The number of rotatable bonds is 6. The molecule has 0 aliphatic heterocycles. The van der Waals surface area contributed by atoms with E-state index in [1.54, 1.807) is 6.92 Å². The highest BCUT2D eigenvalue weighted by atomic mass is 16.4. The normalized spacial score (nSPS) is 13.3. The van der Waals surface area contributed by atoms with Crippen molar-refractivity contribution in [1.82, 2.24) is 10.6 Å². The first-order valence-corrected chi connectivity index (χ1v) is 6.74. The monoisotopic (exact) mass is 277 g/mol. The van der Waals surface area contributed by atoms with Crippen molar-refractivity contribution >= 4 is 12.0 Å². The molecule has 20 heavy (non-hydrogen) atoms. The molecule has 0 unspecified atom stereocenters. The molecule has 5 nitrogen and oxygen atoms in total. The van der Waals surface area contributed by atoms with E-state index in [9.17, 15) is 14.7 Å². The molecule has 1 aromatic carbocycles. The largest absolute Gasteiger partial charge is 0.548 e. The molecule has 0 saturated heterocycles. The maximum atomic E-state index is 11.7. The predicted octanol–water partition coefficient (Wildman–Crippen LogP) is 0.959. The zero-order valence-electron chi connectivity index (χ0n) is 12.1. The Morgan fingerprint density at radius 3 is 2.35 bits per heavy atom. The Kier molecular flexibility index (Phi) is 6.03. The maximum Gasteiger partial charge on any atom is 0.315 e. The highest BCUT2D eigenvalue weighted by Crippen LogP contribution is 2.07. The van der Waals surface area contributed by atoms with Crippen LogP contribution in [0.2, 0.25) is 0 Å². The molecule has 0 spiro atoms. The van der Waals surface area contributed by atoms with E-state index in [1.165, 1.54) is 0 Å². The van der Waals surface area contributed by atoms with Crippen LogP contribution >= 0.6 is 0 Å². The van der Waals surface area contributed by atoms with E-state index in [2.05, 4.69) is 10.6 Å². The van der Waals surface area contributed by atoms with Crippen LogP contribution in [0.4, 0.5) is 4.79 Å². The van der Waals surface area contributed by atoms with Gasteiger partial charge in [-0.2, -0.15) is 0 Å². The van der Waals surface area contributed by atoms with Crippen LogP contribution in [0.15, 0.2) is 24.3 Å². The Morgan fingerprint density at radius 2 is 1.85 bits per heavy atom. The van der Waals surface area contributed by atoms with Gasteiger partial charge in [0.15, 0.2) is 0 Å². The van der Waals surface area contributed by atoms with Crippen molar-refractivity contribution in [2.24, 2.45) is 5.92 Å². The van der Waals surface area contributed by atoms with Crippen molar-refractivity contribution in [1.29, 1.82) is 0 Å². The van der Waals surface area contributed by atoms with E-state index < -0.39 is 18.0 Å². The number of carbonyl (C=O) groups excluding carboxylic acids is 2. The van der Waals surface area contributed by atoms with Gasteiger partial charge < -0.3 is 20.5 Å². The predicted molar refractivity (Wildman–Crippen MR) is 74.8 cm³/mol. The summed E-state index contributed by atoms with van der Waals surface area (Å²) in [6.45, 7) is 5.97. The summed E-state index contributed by atoms with van der Waals surface area (Å²) in [7, 11) is 0. The second-order valence-corrected chi connectivity index (χ2v) is 4.99. The van der Waals surface area contributed by atoms with E-state index in [4.69, 9.17) is 0 Å². The zero-order valence-corrected chi connectivity index (χ0v) is 12.1. The van der Waals surface area contributed by atoms with E-state index >= 15 is 0 Å². The summed E-state index contributed by atoms with van der Waals surface area (Å²) in [5.41, 5.74) is 2.10. The average Bonchev–Trinajstić information content (AvgIpc) is 2.43. The molecular formula is C15H21N2O3-. The summed E-state index contributed by atoms with van der Waals surface area (Å²) in [5.74, 6) is -1.44. The highest BCUT2D eigenvalue weighted by Gasteiger charge is 2.19. The summed E-state index contributed by atoms with van der Waals surface area (Å²) in [6.07, 6.45) is 0.650. The molecule has 1 rings (SSSR count). The fourth-order valence-electron chi connectivity index (χ4n) is 1.75. The van der Waals surface area contributed by atoms with Crippen molar-refractivity contribution in [3.63, 3.8) is 0 Å². The third-order valence-corrected chi connectivity index (χ3v) is 3.33. The van der Waals surface area contributed by atoms with Gasteiger partial charge in [0, 0.05) is 6.54 Å². The van der Waals surface area contributed by atoms with Gasteiger partial charge in [0.25, 0.3) is 0 Å². The Morgan fingerprint density at radius 1 is 1.25 bits per heavy atom. The molecule has 0 bridgehead atoms. The quantitative estimate of drug-likeness (QED) is 0.812. The minimum Gasteiger partial charge on any atom is -0.548 e. The molecule has 0 fully saturated rings. The number of aryl methyl sites for hydroxylation is 1. The molecule has 110 valence electrons. The van der Waals surface area contributed by atoms with E-state index in [0.717, 1.165) is 11.1 Å². The van der Waals surface area contributed by atoms with Crippen LogP contribution in [0.25, 0.3) is 0 Å². The summed E-state index contributed by atoms with van der Waals surface area (Å²) in [5, 5.41) is 16.1. The van der Waals surface area contributed by atoms with Gasteiger partial charge in [-0.25, -0.2) is 4.79 Å². The standard InChI is InChI=1S/C15H22N2O3/c1-4-11(3)13(14(18)19)17-15(20)16-9-12-7-5-10(2)6-8-12/h5-8,11,13H,4,9H2,1-3H3,(H,18,19)(H2,16,17,20)/p-1/t11-,13+/m0/s1. The van der Waals surface area contributed by atoms with Crippen molar-refractivity contribution < 1.29 is 14.7 Å². The van der Waals surface area contributed by atoms with Crippen LogP contribution in [0, 0.1) is 12.8 Å². The van der Waals surface area contributed by atoms with Crippen LogP contribution in [0.3, 0.4) is 0 Å². The number of nitrogens with one attached hydrogen (secondary N) is 2. The van der Waals surface area contributed by atoms with Crippen LogP contribution < -0.4 is 15.7 Å². The number of aliphatic carboxylic acids is 1. The molecule has 0 aromatic heterocycles. The molecular weight excluding hydrogens is 256 g/mol. The Bertz CT molecular complexity index is 457. The van der Waals surface area contributed by atoms with E-state index in [-0.39, 0.29) is 5.92 Å². The smallest absolute Gasteiger partial charge is 0.315 e. The lowest BCUT2D eigenvalue weighted by atomic mass is 9.99. The average molecular weight is 277 g/mol. The van der Waals surface area contributed by atoms with Gasteiger partial charge in [-0.1, -0.05) is 50.1 Å². The molecule has 0 saturated carbocycles. The van der Waals surface area contributed by atoms with Gasteiger partial charge in [-0.05, 0) is 18.4 Å². The molecule has 0 aliphatic rings. The Hall–Kier alpha value is -2.04. The van der Waals surface area contributed by atoms with Crippen molar-refractivity contribution in [3.05, 3.63) is 35.4 Å². The SMILES string of the molecule is CC[C@H](C)[C@@H](NC(=O)NCc1ccc(C)cc1)C(=O)[O-]. The van der Waals surface area contributed by atoms with E-state index in [0.29, 0.717) is 13.0 Å². The fraction of sp³-hybridized carbons (Fsp3) is 0.467. The molecule has 1 aromatic rings. The Labute approximate surface area is 119 Å². The summed E-state index contributed by atoms with van der Waals surface area (Å²) >= 11 is 0. The van der Waals surface area contributed by atoms with Crippen molar-refractivity contribution in [2.75, 3.05) is 0 Å². The highest BCUT2D eigenvalue weighted by molar-refractivity contribution is 5.81. The molecule has 2 N–H and O–H groups in total. The third-order valence-electron chi connectivity index (χ3n) is 3.33. The van der Waals surface area contributed by atoms with Crippen LogP contribution in [-0.2, 0) is 11.3 Å². The van der Waals surface area contributed by atoms with Gasteiger partial charge in [0.1, 0.15) is 0 Å². The second kappa shape index (κ2) is 7.53.